The highest BCUT2D eigenvalue weighted by atomic mass is 16.5. The van der Waals surface area contributed by atoms with Crippen molar-refractivity contribution in [1.82, 2.24) is 15.1 Å². The molecule has 0 aromatic heterocycles. The summed E-state index contributed by atoms with van der Waals surface area (Å²) in [5.74, 6) is 1.24. The summed E-state index contributed by atoms with van der Waals surface area (Å²) in [5.41, 5.74) is 2.26. The van der Waals surface area contributed by atoms with Crippen molar-refractivity contribution in [3.63, 3.8) is 0 Å². The molecule has 1 amide bonds. The largest absolute Gasteiger partial charge is 0.493 e. The van der Waals surface area contributed by atoms with Crippen LogP contribution in [0.25, 0.3) is 6.08 Å². The van der Waals surface area contributed by atoms with Gasteiger partial charge in [0.05, 0.1) is 14.2 Å². The van der Waals surface area contributed by atoms with E-state index in [2.05, 4.69) is 45.4 Å². The van der Waals surface area contributed by atoms with Crippen molar-refractivity contribution in [3.8, 4) is 11.5 Å². The van der Waals surface area contributed by atoms with Crippen LogP contribution in [0, 0.1) is 0 Å². The molecular weight excluding hydrogens is 390 g/mol. The number of nitrogens with zero attached hydrogens (tertiary/aromatic N) is 2. The first-order valence-electron chi connectivity index (χ1n) is 10.8. The van der Waals surface area contributed by atoms with E-state index >= 15 is 0 Å². The zero-order chi connectivity index (χ0) is 21.9. The fraction of sp³-hybridized carbons (Fsp3) is 0.400. The quantitative estimate of drug-likeness (QED) is 0.470. The summed E-state index contributed by atoms with van der Waals surface area (Å²) in [5, 5.41) is 2.97. The lowest BCUT2D eigenvalue weighted by atomic mass is 10.2. The Morgan fingerprint density at radius 1 is 0.968 bits per heavy atom. The van der Waals surface area contributed by atoms with E-state index in [4.69, 9.17) is 9.47 Å². The molecule has 1 N–H and O–H groups in total. The molecule has 6 nitrogen and oxygen atoms in total. The number of benzene rings is 2. The second kappa shape index (κ2) is 12.1. The summed E-state index contributed by atoms with van der Waals surface area (Å²) in [7, 11) is 3.20. The SMILES string of the molecule is COc1ccc(/C=C/C(=O)NCCCN2CCN(Cc3ccccc3)CC2)cc1OC. The minimum Gasteiger partial charge on any atom is -0.493 e. The lowest BCUT2D eigenvalue weighted by Gasteiger charge is -2.34. The van der Waals surface area contributed by atoms with Crippen LogP contribution in [0.5, 0.6) is 11.5 Å². The Kier molecular flexibility index (Phi) is 8.94. The number of nitrogens with one attached hydrogen (secondary N) is 1. The van der Waals surface area contributed by atoms with Gasteiger partial charge in [0, 0.05) is 45.3 Å². The number of hydrogen-bond donors (Lipinski definition) is 1. The monoisotopic (exact) mass is 423 g/mol. The summed E-state index contributed by atoms with van der Waals surface area (Å²) in [4.78, 5) is 17.1. The standard InChI is InChI=1S/C25H33N3O3/c1-30-23-11-9-21(19-24(23)31-2)10-12-25(29)26-13-6-14-27-15-17-28(18-16-27)20-22-7-4-3-5-8-22/h3-5,7-12,19H,6,13-18,20H2,1-2H3,(H,26,29)/b12-10+. The van der Waals surface area contributed by atoms with Crippen LogP contribution in [-0.2, 0) is 11.3 Å². The minimum atomic E-state index is -0.0811. The highest BCUT2D eigenvalue weighted by Gasteiger charge is 2.16. The highest BCUT2D eigenvalue weighted by Crippen LogP contribution is 2.27. The molecule has 0 atom stereocenters. The van der Waals surface area contributed by atoms with E-state index in [1.165, 1.54) is 5.56 Å². The van der Waals surface area contributed by atoms with Crippen LogP contribution in [0.15, 0.2) is 54.6 Å². The molecule has 3 rings (SSSR count). The van der Waals surface area contributed by atoms with Crippen molar-refractivity contribution in [1.29, 1.82) is 0 Å². The molecule has 2 aromatic rings. The van der Waals surface area contributed by atoms with E-state index in [9.17, 15) is 4.79 Å². The van der Waals surface area contributed by atoms with Crippen molar-refractivity contribution in [2.45, 2.75) is 13.0 Å². The zero-order valence-corrected chi connectivity index (χ0v) is 18.5. The number of piperazine rings is 1. The first kappa shape index (κ1) is 22.8. The fourth-order valence-corrected chi connectivity index (χ4v) is 3.71. The maximum atomic E-state index is 12.1. The lowest BCUT2D eigenvalue weighted by Crippen LogP contribution is -2.46. The van der Waals surface area contributed by atoms with Crippen LogP contribution in [0.4, 0.5) is 0 Å². The third-order valence-electron chi connectivity index (χ3n) is 5.50. The molecular formula is C25H33N3O3. The van der Waals surface area contributed by atoms with E-state index in [1.807, 2.05) is 18.2 Å². The second-order valence-electron chi connectivity index (χ2n) is 7.70. The molecule has 0 aliphatic carbocycles. The molecule has 2 aromatic carbocycles. The zero-order valence-electron chi connectivity index (χ0n) is 18.5. The van der Waals surface area contributed by atoms with Gasteiger partial charge >= 0.3 is 0 Å². The van der Waals surface area contributed by atoms with Gasteiger partial charge in [-0.2, -0.15) is 0 Å². The van der Waals surface area contributed by atoms with Gasteiger partial charge in [0.25, 0.3) is 0 Å². The number of rotatable bonds is 10. The van der Waals surface area contributed by atoms with Gasteiger partial charge < -0.3 is 19.7 Å². The van der Waals surface area contributed by atoms with Gasteiger partial charge in [-0.15, -0.1) is 0 Å². The number of carbonyl (C=O) groups is 1. The molecule has 1 aliphatic rings. The first-order valence-corrected chi connectivity index (χ1v) is 10.8. The maximum absolute atomic E-state index is 12.1. The Labute approximate surface area is 185 Å². The van der Waals surface area contributed by atoms with Crippen molar-refractivity contribution in [2.24, 2.45) is 0 Å². The molecule has 0 bridgehead atoms. The average Bonchev–Trinajstić information content (AvgIpc) is 2.82. The Balaban J connectivity index is 1.31. The topological polar surface area (TPSA) is 54.0 Å². The van der Waals surface area contributed by atoms with Gasteiger partial charge in [-0.1, -0.05) is 36.4 Å². The molecule has 1 heterocycles. The predicted octanol–water partition coefficient (Wildman–Crippen LogP) is 3.04. The van der Waals surface area contributed by atoms with Crippen LogP contribution in [0.1, 0.15) is 17.5 Å². The molecule has 166 valence electrons. The molecule has 0 radical (unpaired) electrons. The number of methoxy groups -OCH3 is 2. The summed E-state index contributed by atoms with van der Waals surface area (Å²) in [6.45, 7) is 7.07. The fourth-order valence-electron chi connectivity index (χ4n) is 3.71. The van der Waals surface area contributed by atoms with Crippen molar-refractivity contribution in [3.05, 3.63) is 65.7 Å². The molecule has 0 saturated carbocycles. The van der Waals surface area contributed by atoms with Crippen LogP contribution in [0.2, 0.25) is 0 Å². The first-order chi connectivity index (χ1) is 15.2. The van der Waals surface area contributed by atoms with Gasteiger partial charge in [-0.05, 0) is 42.3 Å². The Hall–Kier alpha value is -2.83. The van der Waals surface area contributed by atoms with Gasteiger partial charge in [0.15, 0.2) is 11.5 Å². The smallest absolute Gasteiger partial charge is 0.243 e. The third kappa shape index (κ3) is 7.42. The van der Waals surface area contributed by atoms with Crippen LogP contribution < -0.4 is 14.8 Å². The summed E-state index contributed by atoms with van der Waals surface area (Å²) >= 11 is 0. The van der Waals surface area contributed by atoms with E-state index in [0.717, 1.165) is 51.3 Å². The molecule has 1 fully saturated rings. The van der Waals surface area contributed by atoms with Crippen LogP contribution in [-0.4, -0.2) is 69.2 Å². The normalized spacial score (nSPS) is 15.2. The molecule has 31 heavy (non-hydrogen) atoms. The molecule has 0 spiro atoms. The van der Waals surface area contributed by atoms with Crippen LogP contribution in [0.3, 0.4) is 0 Å². The lowest BCUT2D eigenvalue weighted by molar-refractivity contribution is -0.116. The van der Waals surface area contributed by atoms with E-state index < -0.39 is 0 Å². The number of carbonyl (C=O) groups excluding carboxylic acids is 1. The Bertz CT molecular complexity index is 846. The summed E-state index contributed by atoms with van der Waals surface area (Å²) in [6.07, 6.45) is 4.29. The number of amides is 1. The van der Waals surface area contributed by atoms with Gasteiger partial charge in [0.1, 0.15) is 0 Å². The van der Waals surface area contributed by atoms with E-state index in [0.29, 0.717) is 18.0 Å². The number of ether oxygens (including phenoxy) is 2. The Morgan fingerprint density at radius 3 is 2.39 bits per heavy atom. The van der Waals surface area contributed by atoms with Gasteiger partial charge in [-0.3, -0.25) is 9.69 Å². The summed E-state index contributed by atoms with van der Waals surface area (Å²) in [6, 6.07) is 16.2. The van der Waals surface area contributed by atoms with Crippen molar-refractivity contribution < 1.29 is 14.3 Å². The molecule has 6 heteroatoms. The maximum Gasteiger partial charge on any atom is 0.243 e. The van der Waals surface area contributed by atoms with Crippen molar-refractivity contribution >= 4 is 12.0 Å². The van der Waals surface area contributed by atoms with Crippen molar-refractivity contribution in [2.75, 3.05) is 53.5 Å². The van der Waals surface area contributed by atoms with E-state index in [-0.39, 0.29) is 5.91 Å². The van der Waals surface area contributed by atoms with Gasteiger partial charge in [-0.25, -0.2) is 0 Å². The average molecular weight is 424 g/mol. The Morgan fingerprint density at radius 2 is 1.68 bits per heavy atom. The predicted molar refractivity (Wildman–Crippen MR) is 124 cm³/mol. The molecule has 1 aliphatic heterocycles. The minimum absolute atomic E-state index is 0.0811. The van der Waals surface area contributed by atoms with Gasteiger partial charge in [0.2, 0.25) is 5.91 Å². The van der Waals surface area contributed by atoms with Crippen LogP contribution >= 0.6 is 0 Å². The molecule has 0 unspecified atom stereocenters. The highest BCUT2D eigenvalue weighted by molar-refractivity contribution is 5.91. The second-order valence-corrected chi connectivity index (χ2v) is 7.70. The summed E-state index contributed by atoms with van der Waals surface area (Å²) < 4.78 is 10.5. The number of hydrogen-bond acceptors (Lipinski definition) is 5. The van der Waals surface area contributed by atoms with E-state index in [1.54, 1.807) is 26.4 Å². The third-order valence-corrected chi connectivity index (χ3v) is 5.50. The molecule has 1 saturated heterocycles.